The molecular formula is C8H10N2O3. The molecule has 0 saturated carbocycles. The van der Waals surface area contributed by atoms with E-state index in [4.69, 9.17) is 5.11 Å². The van der Waals surface area contributed by atoms with Crippen molar-refractivity contribution < 1.29 is 14.7 Å². The third-order valence-corrected chi connectivity index (χ3v) is 1.44. The van der Waals surface area contributed by atoms with Gasteiger partial charge in [0.05, 0.1) is 0 Å². The first-order valence-electron chi connectivity index (χ1n) is 3.65. The minimum atomic E-state index is -0.548. The lowest BCUT2D eigenvalue weighted by molar-refractivity contribution is -0.141. The maximum atomic E-state index is 10.6. The van der Waals surface area contributed by atoms with Crippen LogP contribution in [0.5, 0.6) is 5.75 Å². The molecule has 1 rings (SSSR count). The number of nitrogens with two attached hydrogens (primary N) is 1. The Kier molecular flexibility index (Phi) is 3.10. The first kappa shape index (κ1) is 9.34. The van der Waals surface area contributed by atoms with Gasteiger partial charge in [-0.2, -0.15) is 5.90 Å². The fraction of sp³-hybridized carbons (Fsp3) is 0.125. The number of phenolic OH excluding ortho intramolecular Hbond substituents is 1. The van der Waals surface area contributed by atoms with Crippen LogP contribution in [-0.2, 0) is 9.63 Å². The Morgan fingerprint density at radius 3 is 2.62 bits per heavy atom. The molecule has 0 aliphatic rings. The summed E-state index contributed by atoms with van der Waals surface area (Å²) in [5.41, 5.74) is 0.711. The topological polar surface area (TPSA) is 84.6 Å². The van der Waals surface area contributed by atoms with Gasteiger partial charge in [0, 0.05) is 5.69 Å². The van der Waals surface area contributed by atoms with Crippen LogP contribution < -0.4 is 11.2 Å². The molecule has 0 spiro atoms. The molecule has 0 unspecified atom stereocenters. The molecule has 0 bridgehead atoms. The van der Waals surface area contributed by atoms with Crippen LogP contribution in [-0.4, -0.2) is 17.6 Å². The zero-order valence-electron chi connectivity index (χ0n) is 6.86. The second kappa shape index (κ2) is 4.32. The van der Waals surface area contributed by atoms with Gasteiger partial charge < -0.3 is 15.3 Å². The van der Waals surface area contributed by atoms with Crippen molar-refractivity contribution >= 4 is 11.7 Å². The summed E-state index contributed by atoms with van der Waals surface area (Å²) < 4.78 is 0. The minimum Gasteiger partial charge on any atom is -0.508 e. The van der Waals surface area contributed by atoms with E-state index >= 15 is 0 Å². The van der Waals surface area contributed by atoms with Crippen molar-refractivity contribution in [1.29, 1.82) is 0 Å². The van der Waals surface area contributed by atoms with E-state index in [1.54, 1.807) is 12.1 Å². The number of anilines is 1. The van der Waals surface area contributed by atoms with E-state index in [1.165, 1.54) is 12.1 Å². The molecule has 1 aromatic carbocycles. The lowest BCUT2D eigenvalue weighted by atomic mass is 10.3. The Morgan fingerprint density at radius 1 is 1.46 bits per heavy atom. The van der Waals surface area contributed by atoms with Gasteiger partial charge in [0.1, 0.15) is 12.3 Å². The van der Waals surface area contributed by atoms with Crippen LogP contribution in [0, 0.1) is 0 Å². The van der Waals surface area contributed by atoms with Gasteiger partial charge in [0.15, 0.2) is 0 Å². The largest absolute Gasteiger partial charge is 0.508 e. The first-order valence-corrected chi connectivity index (χ1v) is 3.65. The molecule has 0 aliphatic heterocycles. The maximum Gasteiger partial charge on any atom is 0.343 e. The van der Waals surface area contributed by atoms with Crippen LogP contribution in [0.15, 0.2) is 24.3 Å². The average molecular weight is 182 g/mol. The van der Waals surface area contributed by atoms with E-state index in [0.29, 0.717) is 5.69 Å². The van der Waals surface area contributed by atoms with Crippen molar-refractivity contribution in [3.8, 4) is 5.75 Å². The number of nitrogens with one attached hydrogen (secondary N) is 1. The van der Waals surface area contributed by atoms with E-state index in [-0.39, 0.29) is 12.3 Å². The summed E-state index contributed by atoms with van der Waals surface area (Å²) in [6, 6.07) is 6.30. The second-order valence-electron chi connectivity index (χ2n) is 2.39. The van der Waals surface area contributed by atoms with E-state index in [2.05, 4.69) is 16.1 Å². The highest BCUT2D eigenvalue weighted by Crippen LogP contribution is 2.12. The Morgan fingerprint density at radius 2 is 2.08 bits per heavy atom. The third-order valence-electron chi connectivity index (χ3n) is 1.44. The van der Waals surface area contributed by atoms with E-state index in [0.717, 1.165) is 0 Å². The Bertz CT molecular complexity index is 284. The van der Waals surface area contributed by atoms with Gasteiger partial charge in [0.25, 0.3) is 0 Å². The lowest BCUT2D eigenvalue weighted by Gasteiger charge is -2.03. The van der Waals surface area contributed by atoms with E-state index < -0.39 is 5.97 Å². The van der Waals surface area contributed by atoms with Crippen molar-refractivity contribution in [2.45, 2.75) is 0 Å². The number of hydrogen-bond donors (Lipinski definition) is 3. The van der Waals surface area contributed by atoms with Crippen molar-refractivity contribution in [2.24, 2.45) is 5.90 Å². The normalized spacial score (nSPS) is 9.31. The van der Waals surface area contributed by atoms with Crippen LogP contribution in [0.3, 0.4) is 0 Å². The molecule has 0 saturated heterocycles. The van der Waals surface area contributed by atoms with Gasteiger partial charge >= 0.3 is 5.97 Å². The van der Waals surface area contributed by atoms with E-state index in [9.17, 15) is 4.79 Å². The van der Waals surface area contributed by atoms with Crippen molar-refractivity contribution in [3.05, 3.63) is 24.3 Å². The summed E-state index contributed by atoms with van der Waals surface area (Å²) in [4.78, 5) is 14.5. The SMILES string of the molecule is NOC(=O)CNc1ccc(O)cc1. The fourth-order valence-corrected chi connectivity index (χ4v) is 0.795. The molecule has 0 atom stereocenters. The van der Waals surface area contributed by atoms with Crippen molar-refractivity contribution in [3.63, 3.8) is 0 Å². The van der Waals surface area contributed by atoms with Gasteiger partial charge in [-0.25, -0.2) is 4.79 Å². The molecule has 0 aliphatic carbocycles. The molecule has 5 nitrogen and oxygen atoms in total. The van der Waals surface area contributed by atoms with Crippen LogP contribution in [0.1, 0.15) is 0 Å². The smallest absolute Gasteiger partial charge is 0.343 e. The molecule has 1 aromatic rings. The van der Waals surface area contributed by atoms with Crippen LogP contribution in [0.4, 0.5) is 5.69 Å². The third kappa shape index (κ3) is 3.00. The number of phenols is 1. The van der Waals surface area contributed by atoms with Crippen LogP contribution in [0.2, 0.25) is 0 Å². The summed E-state index contributed by atoms with van der Waals surface area (Å²) in [6.45, 7) is 0.00127. The lowest BCUT2D eigenvalue weighted by Crippen LogP contribution is -2.19. The Balaban J connectivity index is 2.46. The number of carbonyl (C=O) groups is 1. The van der Waals surface area contributed by atoms with Gasteiger partial charge in [-0.15, -0.1) is 0 Å². The molecule has 5 heteroatoms. The molecule has 0 heterocycles. The highest BCUT2D eigenvalue weighted by atomic mass is 16.7. The van der Waals surface area contributed by atoms with Gasteiger partial charge in [-0.3, -0.25) is 0 Å². The molecule has 70 valence electrons. The Labute approximate surface area is 75.1 Å². The van der Waals surface area contributed by atoms with Crippen LogP contribution >= 0.6 is 0 Å². The van der Waals surface area contributed by atoms with Gasteiger partial charge in [-0.1, -0.05) is 0 Å². The molecule has 13 heavy (non-hydrogen) atoms. The number of rotatable bonds is 3. The molecular weight excluding hydrogens is 172 g/mol. The van der Waals surface area contributed by atoms with Crippen LogP contribution in [0.25, 0.3) is 0 Å². The highest BCUT2D eigenvalue weighted by molar-refractivity contribution is 5.74. The molecule has 0 aromatic heterocycles. The number of hydrogen-bond acceptors (Lipinski definition) is 5. The summed E-state index contributed by atoms with van der Waals surface area (Å²) in [5.74, 6) is 4.26. The standard InChI is InChI=1S/C8H10N2O3/c9-13-8(12)5-10-6-1-3-7(11)4-2-6/h1-4,10-11H,5,9H2. The zero-order valence-corrected chi connectivity index (χ0v) is 6.86. The predicted molar refractivity (Wildman–Crippen MR) is 46.9 cm³/mol. The fourth-order valence-electron chi connectivity index (χ4n) is 0.795. The molecule has 0 amide bonds. The second-order valence-corrected chi connectivity index (χ2v) is 2.39. The van der Waals surface area contributed by atoms with Gasteiger partial charge in [0.2, 0.25) is 0 Å². The quantitative estimate of drug-likeness (QED) is 0.460. The summed E-state index contributed by atoms with van der Waals surface area (Å²) in [7, 11) is 0. The number of carbonyl (C=O) groups excluding carboxylic acids is 1. The molecule has 0 radical (unpaired) electrons. The first-order chi connectivity index (χ1) is 6.22. The summed E-state index contributed by atoms with van der Waals surface area (Å²) in [6.07, 6.45) is 0. The zero-order chi connectivity index (χ0) is 9.68. The monoisotopic (exact) mass is 182 g/mol. The average Bonchev–Trinajstić information content (AvgIpc) is 2.16. The predicted octanol–water partition coefficient (Wildman–Crippen LogP) is 0.221. The molecule has 0 fully saturated rings. The maximum absolute atomic E-state index is 10.6. The Hall–Kier alpha value is -1.75. The summed E-state index contributed by atoms with van der Waals surface area (Å²) in [5, 5.41) is 11.7. The molecule has 4 N–H and O–H groups in total. The summed E-state index contributed by atoms with van der Waals surface area (Å²) >= 11 is 0. The minimum absolute atomic E-state index is 0.00127. The highest BCUT2D eigenvalue weighted by Gasteiger charge is 1.99. The van der Waals surface area contributed by atoms with E-state index in [1.807, 2.05) is 0 Å². The van der Waals surface area contributed by atoms with Gasteiger partial charge in [-0.05, 0) is 24.3 Å². The van der Waals surface area contributed by atoms with Crippen molar-refractivity contribution in [2.75, 3.05) is 11.9 Å². The van der Waals surface area contributed by atoms with Crippen molar-refractivity contribution in [1.82, 2.24) is 0 Å². The number of aromatic hydroxyl groups is 1. The number of benzene rings is 1.